The summed E-state index contributed by atoms with van der Waals surface area (Å²) >= 11 is 0. The third kappa shape index (κ3) is 2.63. The molecule has 3 aromatic rings. The summed E-state index contributed by atoms with van der Waals surface area (Å²) in [5, 5.41) is 10.4. The van der Waals surface area contributed by atoms with Crippen LogP contribution in [0.3, 0.4) is 0 Å². The summed E-state index contributed by atoms with van der Waals surface area (Å²) in [6, 6.07) is 14.6. The van der Waals surface area contributed by atoms with Crippen LogP contribution in [0.5, 0.6) is 0 Å². The van der Waals surface area contributed by atoms with E-state index in [4.69, 9.17) is 0 Å². The monoisotopic (exact) mass is 307 g/mol. The topological polar surface area (TPSA) is 42.2 Å². The fraction of sp³-hybridized carbons (Fsp3) is 0.250. The number of fused-ring (bicyclic) bond motifs is 1. The Balaban J connectivity index is 2.38. The van der Waals surface area contributed by atoms with Gasteiger partial charge in [-0.1, -0.05) is 42.8 Å². The number of nitrogens with zero attached hydrogens (tertiary/aromatic N) is 1. The molecule has 1 N–H and O–H groups in total. The first kappa shape index (κ1) is 15.3. The van der Waals surface area contributed by atoms with Gasteiger partial charge in [0.25, 0.3) is 0 Å². The summed E-state index contributed by atoms with van der Waals surface area (Å²) in [5.74, 6) is -0.819. The molecule has 0 saturated heterocycles. The molecule has 0 aliphatic carbocycles. The summed E-state index contributed by atoms with van der Waals surface area (Å²) in [4.78, 5) is 11.3. The Morgan fingerprint density at radius 1 is 1.13 bits per heavy atom. The molecule has 0 aliphatic heterocycles. The first-order valence-electron chi connectivity index (χ1n) is 7.92. The van der Waals surface area contributed by atoms with Gasteiger partial charge in [-0.3, -0.25) is 4.79 Å². The van der Waals surface area contributed by atoms with Crippen LogP contribution in [-0.4, -0.2) is 15.6 Å². The van der Waals surface area contributed by atoms with Crippen LogP contribution in [0, 0.1) is 13.8 Å². The van der Waals surface area contributed by atoms with Crippen LogP contribution in [0.2, 0.25) is 0 Å². The highest BCUT2D eigenvalue weighted by Gasteiger charge is 2.18. The number of benzene rings is 2. The summed E-state index contributed by atoms with van der Waals surface area (Å²) < 4.78 is 1.90. The molecule has 1 aromatic heterocycles. The van der Waals surface area contributed by atoms with E-state index in [9.17, 15) is 9.90 Å². The lowest BCUT2D eigenvalue weighted by Gasteiger charge is -2.09. The van der Waals surface area contributed by atoms with Gasteiger partial charge in [-0.15, -0.1) is 0 Å². The minimum atomic E-state index is -0.819. The van der Waals surface area contributed by atoms with Crippen molar-refractivity contribution in [3.63, 3.8) is 0 Å². The molecule has 0 spiro atoms. The van der Waals surface area contributed by atoms with Gasteiger partial charge in [0.2, 0.25) is 0 Å². The highest BCUT2D eigenvalue weighted by molar-refractivity contribution is 5.99. The van der Waals surface area contributed by atoms with Crippen molar-refractivity contribution in [1.82, 2.24) is 4.57 Å². The summed E-state index contributed by atoms with van der Waals surface area (Å²) in [5.41, 5.74) is 6.81. The standard InChI is InChI=1S/C20H21NO2/c1-4-15-7-5-6-8-16(15)20-14(3)21(12-19(22)23)18-10-9-13(2)11-17(18)20/h5-11H,4,12H2,1-3H3,(H,22,23). The van der Waals surface area contributed by atoms with E-state index < -0.39 is 5.97 Å². The van der Waals surface area contributed by atoms with Crippen molar-refractivity contribution >= 4 is 16.9 Å². The molecule has 0 amide bonds. The second-order valence-electron chi connectivity index (χ2n) is 5.97. The van der Waals surface area contributed by atoms with E-state index in [1.807, 2.05) is 29.7 Å². The Bertz CT molecular complexity index is 890. The number of hydrogen-bond acceptors (Lipinski definition) is 1. The smallest absolute Gasteiger partial charge is 0.323 e. The van der Waals surface area contributed by atoms with Gasteiger partial charge in [0.15, 0.2) is 0 Å². The van der Waals surface area contributed by atoms with Crippen LogP contribution in [0.25, 0.3) is 22.0 Å². The van der Waals surface area contributed by atoms with E-state index in [2.05, 4.69) is 38.1 Å². The summed E-state index contributed by atoms with van der Waals surface area (Å²) in [7, 11) is 0. The first-order valence-corrected chi connectivity index (χ1v) is 7.92. The Labute approximate surface area is 136 Å². The molecule has 0 radical (unpaired) electrons. The van der Waals surface area contributed by atoms with Gasteiger partial charge in [-0.2, -0.15) is 0 Å². The van der Waals surface area contributed by atoms with Crippen molar-refractivity contribution in [3.8, 4) is 11.1 Å². The lowest BCUT2D eigenvalue weighted by Crippen LogP contribution is -2.09. The minimum absolute atomic E-state index is 0.0142. The van der Waals surface area contributed by atoms with E-state index in [0.29, 0.717) is 0 Å². The highest BCUT2D eigenvalue weighted by Crippen LogP contribution is 2.37. The predicted octanol–water partition coefficient (Wildman–Crippen LogP) is 4.57. The fourth-order valence-electron chi connectivity index (χ4n) is 3.35. The summed E-state index contributed by atoms with van der Waals surface area (Å²) in [6.07, 6.45) is 0.951. The van der Waals surface area contributed by atoms with Crippen molar-refractivity contribution in [2.45, 2.75) is 33.7 Å². The normalized spacial score (nSPS) is 11.1. The van der Waals surface area contributed by atoms with Gasteiger partial charge in [-0.05, 0) is 43.5 Å². The quantitative estimate of drug-likeness (QED) is 0.767. The maximum Gasteiger partial charge on any atom is 0.323 e. The highest BCUT2D eigenvalue weighted by atomic mass is 16.4. The number of hydrogen-bond donors (Lipinski definition) is 1. The Hall–Kier alpha value is -2.55. The fourth-order valence-corrected chi connectivity index (χ4v) is 3.35. The Kier molecular flexibility index (Phi) is 3.95. The number of carboxylic acid groups (broad SMARTS) is 1. The van der Waals surface area contributed by atoms with Gasteiger partial charge in [0.05, 0.1) is 0 Å². The van der Waals surface area contributed by atoms with Gasteiger partial charge >= 0.3 is 5.97 Å². The lowest BCUT2D eigenvalue weighted by atomic mass is 9.95. The van der Waals surface area contributed by atoms with E-state index in [1.54, 1.807) is 0 Å². The van der Waals surface area contributed by atoms with Crippen molar-refractivity contribution < 1.29 is 9.90 Å². The number of aliphatic carboxylic acids is 1. The average Bonchev–Trinajstić information content (AvgIpc) is 2.78. The average molecular weight is 307 g/mol. The van der Waals surface area contributed by atoms with Crippen LogP contribution in [0.15, 0.2) is 42.5 Å². The molecule has 0 bridgehead atoms. The number of aromatic nitrogens is 1. The van der Waals surface area contributed by atoms with Gasteiger partial charge in [0.1, 0.15) is 6.54 Å². The molecule has 3 heteroatoms. The van der Waals surface area contributed by atoms with Crippen molar-refractivity contribution in [3.05, 3.63) is 59.3 Å². The number of carboxylic acids is 1. The Morgan fingerprint density at radius 2 is 1.87 bits per heavy atom. The maximum atomic E-state index is 11.3. The van der Waals surface area contributed by atoms with Gasteiger partial charge in [0, 0.05) is 22.2 Å². The lowest BCUT2D eigenvalue weighted by molar-refractivity contribution is -0.137. The van der Waals surface area contributed by atoms with Crippen LogP contribution in [-0.2, 0) is 17.8 Å². The molecule has 2 aromatic carbocycles. The predicted molar refractivity (Wildman–Crippen MR) is 93.9 cm³/mol. The zero-order valence-corrected chi connectivity index (χ0v) is 13.8. The molecular formula is C20H21NO2. The number of aryl methyl sites for hydroxylation is 2. The van der Waals surface area contributed by atoms with Crippen molar-refractivity contribution in [1.29, 1.82) is 0 Å². The zero-order valence-electron chi connectivity index (χ0n) is 13.8. The Morgan fingerprint density at radius 3 is 2.57 bits per heavy atom. The van der Waals surface area contributed by atoms with Crippen molar-refractivity contribution in [2.75, 3.05) is 0 Å². The molecule has 0 fully saturated rings. The number of rotatable bonds is 4. The molecule has 1 heterocycles. The van der Waals surface area contributed by atoms with Gasteiger partial charge < -0.3 is 9.67 Å². The third-order valence-electron chi connectivity index (χ3n) is 4.44. The van der Waals surface area contributed by atoms with Crippen molar-refractivity contribution in [2.24, 2.45) is 0 Å². The van der Waals surface area contributed by atoms with Gasteiger partial charge in [-0.25, -0.2) is 0 Å². The van der Waals surface area contributed by atoms with E-state index >= 15 is 0 Å². The molecule has 0 saturated carbocycles. The second-order valence-corrected chi connectivity index (χ2v) is 5.97. The largest absolute Gasteiger partial charge is 0.480 e. The molecular weight excluding hydrogens is 286 g/mol. The molecule has 0 aliphatic rings. The minimum Gasteiger partial charge on any atom is -0.480 e. The number of carbonyl (C=O) groups is 1. The van der Waals surface area contributed by atoms with E-state index in [-0.39, 0.29) is 6.54 Å². The van der Waals surface area contributed by atoms with Crippen LogP contribution in [0.4, 0.5) is 0 Å². The van der Waals surface area contributed by atoms with E-state index in [1.165, 1.54) is 16.7 Å². The third-order valence-corrected chi connectivity index (χ3v) is 4.44. The molecule has 0 unspecified atom stereocenters. The SMILES string of the molecule is CCc1ccccc1-c1c(C)n(CC(=O)O)c2ccc(C)cc12. The molecule has 0 atom stereocenters. The van der Waals surface area contributed by atoms with Crippen LogP contribution >= 0.6 is 0 Å². The van der Waals surface area contributed by atoms with Crippen LogP contribution in [0.1, 0.15) is 23.7 Å². The molecule has 118 valence electrons. The van der Waals surface area contributed by atoms with Crippen LogP contribution < -0.4 is 0 Å². The van der Waals surface area contributed by atoms with E-state index in [0.717, 1.165) is 28.6 Å². The molecule has 23 heavy (non-hydrogen) atoms. The molecule has 3 rings (SSSR count). The first-order chi connectivity index (χ1) is 11.0. The molecule has 3 nitrogen and oxygen atoms in total. The zero-order chi connectivity index (χ0) is 16.6. The second kappa shape index (κ2) is 5.92. The maximum absolute atomic E-state index is 11.3. The summed E-state index contributed by atoms with van der Waals surface area (Å²) in [6.45, 7) is 6.22.